The summed E-state index contributed by atoms with van der Waals surface area (Å²) >= 11 is 1.51. The van der Waals surface area contributed by atoms with Crippen molar-refractivity contribution >= 4 is 22.7 Å². The number of hydrazone groups is 1. The van der Waals surface area contributed by atoms with E-state index >= 15 is 0 Å². The Kier molecular flexibility index (Phi) is 7.66. The van der Waals surface area contributed by atoms with E-state index in [2.05, 4.69) is 15.5 Å². The van der Waals surface area contributed by atoms with Gasteiger partial charge in [0.2, 0.25) is 5.13 Å². The number of rotatable bonds is 10. The van der Waals surface area contributed by atoms with Crippen molar-refractivity contribution in [3.8, 4) is 22.8 Å². The average Bonchev–Trinajstić information content (AvgIpc) is 3.42. The van der Waals surface area contributed by atoms with E-state index in [1.807, 2.05) is 115 Å². The summed E-state index contributed by atoms with van der Waals surface area (Å²) in [6.07, 6.45) is 1.74. The largest absolute Gasteiger partial charge is 0.489 e. The highest BCUT2D eigenvalue weighted by atomic mass is 32.1. The van der Waals surface area contributed by atoms with E-state index in [-0.39, 0.29) is 0 Å². The van der Waals surface area contributed by atoms with Gasteiger partial charge in [-0.1, -0.05) is 91.0 Å². The minimum atomic E-state index is 0.449. The topological polar surface area (TPSA) is 55.7 Å². The van der Waals surface area contributed by atoms with Gasteiger partial charge < -0.3 is 9.47 Å². The second kappa shape index (κ2) is 11.8. The maximum atomic E-state index is 6.17. The number of hydrogen-bond donors (Lipinski definition) is 1. The maximum absolute atomic E-state index is 6.17. The number of ether oxygens (including phenoxy) is 2. The van der Waals surface area contributed by atoms with Crippen LogP contribution in [0.3, 0.4) is 0 Å². The van der Waals surface area contributed by atoms with Gasteiger partial charge >= 0.3 is 0 Å². The van der Waals surface area contributed by atoms with Crippen LogP contribution in [0.2, 0.25) is 0 Å². The average molecular weight is 492 g/mol. The molecule has 0 atom stereocenters. The molecular weight excluding hydrogens is 466 g/mol. The predicted octanol–water partition coefficient (Wildman–Crippen LogP) is 7.41. The molecule has 1 heterocycles. The first-order chi connectivity index (χ1) is 17.8. The van der Waals surface area contributed by atoms with E-state index in [9.17, 15) is 0 Å². The van der Waals surface area contributed by atoms with Gasteiger partial charge in [-0.05, 0) is 23.3 Å². The molecule has 5 aromatic rings. The van der Waals surface area contributed by atoms with Crippen LogP contribution in [-0.4, -0.2) is 11.2 Å². The number of anilines is 1. The third-order valence-electron chi connectivity index (χ3n) is 5.41. The molecule has 36 heavy (non-hydrogen) atoms. The molecule has 0 aliphatic carbocycles. The Hall–Kier alpha value is -4.42. The van der Waals surface area contributed by atoms with Crippen LogP contribution in [0.5, 0.6) is 11.5 Å². The molecule has 0 bridgehead atoms. The molecule has 0 fully saturated rings. The van der Waals surface area contributed by atoms with Crippen molar-refractivity contribution in [3.63, 3.8) is 0 Å². The molecule has 0 saturated carbocycles. The summed E-state index contributed by atoms with van der Waals surface area (Å²) in [7, 11) is 0. The number of aromatic nitrogens is 1. The van der Waals surface area contributed by atoms with Crippen LogP contribution in [0, 0.1) is 0 Å². The lowest BCUT2D eigenvalue weighted by Gasteiger charge is -2.12. The number of nitrogens with one attached hydrogen (secondary N) is 1. The first kappa shape index (κ1) is 23.3. The lowest BCUT2D eigenvalue weighted by Crippen LogP contribution is -2.01. The lowest BCUT2D eigenvalue weighted by atomic mass is 10.2. The molecule has 1 aromatic heterocycles. The summed E-state index contributed by atoms with van der Waals surface area (Å²) in [6, 6.07) is 36.0. The van der Waals surface area contributed by atoms with Crippen molar-refractivity contribution in [1.82, 2.24) is 4.98 Å². The minimum absolute atomic E-state index is 0.449. The minimum Gasteiger partial charge on any atom is -0.489 e. The third kappa shape index (κ3) is 6.37. The standard InChI is InChI=1S/C30H25N3O2S/c1-4-10-23(11-5-1)20-34-27-17-16-26(29(18-27)35-21-24-12-6-2-7-13-24)19-31-33-30-32-28(22-36-30)25-14-8-3-9-15-25/h1-19,22H,20-21H2,(H,32,33). The van der Waals surface area contributed by atoms with Crippen molar-refractivity contribution in [1.29, 1.82) is 0 Å². The first-order valence-corrected chi connectivity index (χ1v) is 12.5. The van der Waals surface area contributed by atoms with Crippen LogP contribution >= 0.6 is 11.3 Å². The number of nitrogens with zero attached hydrogens (tertiary/aromatic N) is 2. The zero-order chi connectivity index (χ0) is 24.4. The third-order valence-corrected chi connectivity index (χ3v) is 6.16. The summed E-state index contributed by atoms with van der Waals surface area (Å²) in [4.78, 5) is 4.62. The SMILES string of the molecule is C(=NNc1nc(-c2ccccc2)cs1)c1ccc(OCc2ccccc2)cc1OCc1ccccc1. The Morgan fingerprint density at radius 1 is 0.750 bits per heavy atom. The molecular formula is C30H25N3O2S. The molecule has 178 valence electrons. The molecule has 5 rings (SSSR count). The Labute approximate surface area is 214 Å². The van der Waals surface area contributed by atoms with Gasteiger partial charge in [0.05, 0.1) is 11.9 Å². The molecule has 0 saturated heterocycles. The Morgan fingerprint density at radius 3 is 2.08 bits per heavy atom. The highest BCUT2D eigenvalue weighted by Crippen LogP contribution is 2.27. The van der Waals surface area contributed by atoms with E-state index < -0.39 is 0 Å². The van der Waals surface area contributed by atoms with Crippen LogP contribution in [0.25, 0.3) is 11.3 Å². The summed E-state index contributed by atoms with van der Waals surface area (Å²) in [6.45, 7) is 0.936. The van der Waals surface area contributed by atoms with E-state index in [0.717, 1.165) is 38.8 Å². The molecule has 0 amide bonds. The maximum Gasteiger partial charge on any atom is 0.203 e. The number of hydrogen-bond acceptors (Lipinski definition) is 6. The second-order valence-electron chi connectivity index (χ2n) is 8.02. The molecule has 1 N–H and O–H groups in total. The van der Waals surface area contributed by atoms with Gasteiger partial charge in [-0.3, -0.25) is 5.43 Å². The fraction of sp³-hybridized carbons (Fsp3) is 0.0667. The van der Waals surface area contributed by atoms with Crippen molar-refractivity contribution in [3.05, 3.63) is 131 Å². The Morgan fingerprint density at radius 2 is 1.39 bits per heavy atom. The fourth-order valence-electron chi connectivity index (χ4n) is 3.54. The van der Waals surface area contributed by atoms with E-state index in [4.69, 9.17) is 9.47 Å². The van der Waals surface area contributed by atoms with Gasteiger partial charge in [0.15, 0.2) is 0 Å². The van der Waals surface area contributed by atoms with Gasteiger partial charge in [0, 0.05) is 22.6 Å². The molecule has 0 unspecified atom stereocenters. The second-order valence-corrected chi connectivity index (χ2v) is 8.88. The molecule has 5 nitrogen and oxygen atoms in total. The number of benzene rings is 4. The van der Waals surface area contributed by atoms with Gasteiger partial charge in [-0.25, -0.2) is 4.98 Å². The van der Waals surface area contributed by atoms with Gasteiger partial charge in [0.25, 0.3) is 0 Å². The Bertz CT molecular complexity index is 1400. The van der Waals surface area contributed by atoms with Gasteiger partial charge in [0.1, 0.15) is 24.7 Å². The predicted molar refractivity (Wildman–Crippen MR) is 147 cm³/mol. The monoisotopic (exact) mass is 491 g/mol. The van der Waals surface area contributed by atoms with Gasteiger partial charge in [-0.15, -0.1) is 11.3 Å². The summed E-state index contributed by atoms with van der Waals surface area (Å²) in [5, 5.41) is 7.15. The molecule has 4 aromatic carbocycles. The highest BCUT2D eigenvalue weighted by Gasteiger charge is 2.07. The quantitative estimate of drug-likeness (QED) is 0.163. The molecule has 0 spiro atoms. The highest BCUT2D eigenvalue weighted by molar-refractivity contribution is 7.14. The van der Waals surface area contributed by atoms with Crippen molar-refractivity contribution < 1.29 is 9.47 Å². The van der Waals surface area contributed by atoms with Crippen LogP contribution in [0.15, 0.2) is 120 Å². The zero-order valence-electron chi connectivity index (χ0n) is 19.6. The summed E-state index contributed by atoms with van der Waals surface area (Å²) in [5.41, 5.74) is 8.07. The summed E-state index contributed by atoms with van der Waals surface area (Å²) in [5.74, 6) is 1.43. The van der Waals surface area contributed by atoms with Crippen LogP contribution < -0.4 is 14.9 Å². The molecule has 0 radical (unpaired) electrons. The number of thiazole rings is 1. The normalized spacial score (nSPS) is 10.9. The fourth-order valence-corrected chi connectivity index (χ4v) is 4.20. The van der Waals surface area contributed by atoms with Crippen LogP contribution in [0.4, 0.5) is 5.13 Å². The molecule has 0 aliphatic rings. The van der Waals surface area contributed by atoms with E-state index in [1.165, 1.54) is 11.3 Å². The van der Waals surface area contributed by atoms with E-state index in [0.29, 0.717) is 19.0 Å². The molecule has 6 heteroatoms. The van der Waals surface area contributed by atoms with Crippen LogP contribution in [-0.2, 0) is 13.2 Å². The van der Waals surface area contributed by atoms with Crippen molar-refractivity contribution in [2.75, 3.05) is 5.43 Å². The van der Waals surface area contributed by atoms with Crippen molar-refractivity contribution in [2.45, 2.75) is 13.2 Å². The van der Waals surface area contributed by atoms with E-state index in [1.54, 1.807) is 6.21 Å². The summed E-state index contributed by atoms with van der Waals surface area (Å²) < 4.78 is 12.2. The lowest BCUT2D eigenvalue weighted by molar-refractivity contribution is 0.289. The van der Waals surface area contributed by atoms with Gasteiger partial charge in [-0.2, -0.15) is 5.10 Å². The molecule has 0 aliphatic heterocycles. The smallest absolute Gasteiger partial charge is 0.203 e. The zero-order valence-corrected chi connectivity index (χ0v) is 20.4. The van der Waals surface area contributed by atoms with Crippen molar-refractivity contribution in [2.24, 2.45) is 5.10 Å². The van der Waals surface area contributed by atoms with Crippen LogP contribution in [0.1, 0.15) is 16.7 Å². The first-order valence-electron chi connectivity index (χ1n) is 11.6. The Balaban J connectivity index is 1.29.